The Hall–Kier alpha value is -3.14. The van der Waals surface area contributed by atoms with E-state index in [0.29, 0.717) is 37.4 Å². The minimum Gasteiger partial charge on any atom is -0.346 e. The van der Waals surface area contributed by atoms with Crippen LogP contribution in [0.15, 0.2) is 65.8 Å². The van der Waals surface area contributed by atoms with Gasteiger partial charge in [-0.05, 0) is 43.3 Å². The maximum absolute atomic E-state index is 13.4. The Balaban J connectivity index is 1.66. The summed E-state index contributed by atoms with van der Waals surface area (Å²) in [7, 11) is -1.77. The molecule has 4 rings (SSSR count). The molecular weight excluding hydrogens is 438 g/mol. The molecule has 2 heterocycles. The SMILES string of the molecule is Cc1cnc(CNC(=O)c2cc(-c3ccccc3)cc(S(=O)(=O)N3CCN(C)CC3)c2)cn1. The van der Waals surface area contributed by atoms with Gasteiger partial charge in [-0.15, -0.1) is 0 Å². The number of benzene rings is 2. The van der Waals surface area contributed by atoms with Crippen molar-refractivity contribution >= 4 is 15.9 Å². The second-order valence-electron chi connectivity index (χ2n) is 8.15. The molecule has 0 bridgehead atoms. The first kappa shape index (κ1) is 23.0. The smallest absolute Gasteiger partial charge is 0.251 e. The average Bonchev–Trinajstić information content (AvgIpc) is 2.84. The summed E-state index contributed by atoms with van der Waals surface area (Å²) in [5, 5.41) is 2.82. The van der Waals surface area contributed by atoms with Crippen LogP contribution < -0.4 is 5.32 Å². The van der Waals surface area contributed by atoms with Crippen LogP contribution in [0.1, 0.15) is 21.7 Å². The van der Waals surface area contributed by atoms with Gasteiger partial charge in [-0.3, -0.25) is 14.8 Å². The molecular formula is C24H27N5O3S. The second kappa shape index (κ2) is 9.78. The fraction of sp³-hybridized carbons (Fsp3) is 0.292. The average molecular weight is 466 g/mol. The Morgan fingerprint density at radius 2 is 1.70 bits per heavy atom. The Labute approximate surface area is 194 Å². The monoisotopic (exact) mass is 465 g/mol. The third-order valence-electron chi connectivity index (χ3n) is 5.64. The number of hydrogen-bond donors (Lipinski definition) is 1. The summed E-state index contributed by atoms with van der Waals surface area (Å²) >= 11 is 0. The molecule has 1 fully saturated rings. The fourth-order valence-electron chi connectivity index (χ4n) is 3.64. The van der Waals surface area contributed by atoms with E-state index in [2.05, 4.69) is 20.2 Å². The van der Waals surface area contributed by atoms with Crippen molar-refractivity contribution in [3.63, 3.8) is 0 Å². The molecule has 8 nitrogen and oxygen atoms in total. The van der Waals surface area contributed by atoms with E-state index in [4.69, 9.17) is 0 Å². The molecule has 172 valence electrons. The zero-order valence-corrected chi connectivity index (χ0v) is 19.5. The van der Waals surface area contributed by atoms with Crippen LogP contribution in [0.5, 0.6) is 0 Å². The molecule has 1 N–H and O–H groups in total. The first-order valence-corrected chi connectivity index (χ1v) is 12.2. The quantitative estimate of drug-likeness (QED) is 0.600. The predicted octanol–water partition coefficient (Wildman–Crippen LogP) is 2.32. The molecule has 9 heteroatoms. The highest BCUT2D eigenvalue weighted by Crippen LogP contribution is 2.27. The number of aromatic nitrogens is 2. The minimum absolute atomic E-state index is 0.119. The summed E-state index contributed by atoms with van der Waals surface area (Å²) in [6.07, 6.45) is 3.25. The van der Waals surface area contributed by atoms with Crippen LogP contribution >= 0.6 is 0 Å². The highest BCUT2D eigenvalue weighted by atomic mass is 32.2. The van der Waals surface area contributed by atoms with E-state index in [-0.39, 0.29) is 22.9 Å². The molecule has 0 spiro atoms. The number of nitrogens with zero attached hydrogens (tertiary/aromatic N) is 4. The molecule has 2 aromatic carbocycles. The molecule has 1 amide bonds. The molecule has 0 atom stereocenters. The Bertz CT molecular complexity index is 1220. The number of amides is 1. The molecule has 0 radical (unpaired) electrons. The predicted molar refractivity (Wildman–Crippen MR) is 126 cm³/mol. The normalized spacial score (nSPS) is 15.3. The number of carbonyl (C=O) groups excluding carboxylic acids is 1. The first-order valence-electron chi connectivity index (χ1n) is 10.8. The van der Waals surface area contributed by atoms with Crippen molar-refractivity contribution in [1.29, 1.82) is 0 Å². The van der Waals surface area contributed by atoms with Gasteiger partial charge in [0.25, 0.3) is 5.91 Å². The van der Waals surface area contributed by atoms with Gasteiger partial charge in [-0.2, -0.15) is 4.31 Å². The van der Waals surface area contributed by atoms with Crippen molar-refractivity contribution in [1.82, 2.24) is 24.5 Å². The van der Waals surface area contributed by atoms with Gasteiger partial charge in [0.1, 0.15) is 0 Å². The first-order chi connectivity index (χ1) is 15.8. The van der Waals surface area contributed by atoms with Gasteiger partial charge in [-0.1, -0.05) is 30.3 Å². The van der Waals surface area contributed by atoms with Crippen molar-refractivity contribution in [2.24, 2.45) is 0 Å². The molecule has 33 heavy (non-hydrogen) atoms. The highest BCUT2D eigenvalue weighted by Gasteiger charge is 2.28. The van der Waals surface area contributed by atoms with Crippen molar-refractivity contribution in [2.45, 2.75) is 18.4 Å². The molecule has 0 unspecified atom stereocenters. The van der Waals surface area contributed by atoms with E-state index in [1.807, 2.05) is 44.3 Å². The van der Waals surface area contributed by atoms with Crippen molar-refractivity contribution in [3.05, 3.63) is 77.9 Å². The molecule has 1 aliphatic rings. The van der Waals surface area contributed by atoms with Crippen LogP contribution in [-0.2, 0) is 16.6 Å². The topological polar surface area (TPSA) is 95.5 Å². The molecule has 1 saturated heterocycles. The number of sulfonamides is 1. The van der Waals surface area contributed by atoms with E-state index >= 15 is 0 Å². The largest absolute Gasteiger partial charge is 0.346 e. The molecule has 1 aromatic heterocycles. The van der Waals surface area contributed by atoms with Gasteiger partial charge in [0.15, 0.2) is 0 Å². The zero-order valence-electron chi connectivity index (χ0n) is 18.7. The summed E-state index contributed by atoms with van der Waals surface area (Å²) in [5.41, 5.74) is 3.21. The summed E-state index contributed by atoms with van der Waals surface area (Å²) in [4.78, 5) is 23.6. The number of hydrogen-bond acceptors (Lipinski definition) is 6. The van der Waals surface area contributed by atoms with Gasteiger partial charge >= 0.3 is 0 Å². The third-order valence-corrected chi connectivity index (χ3v) is 7.52. The van der Waals surface area contributed by atoms with Crippen LogP contribution in [0, 0.1) is 6.92 Å². The summed E-state index contributed by atoms with van der Waals surface area (Å²) < 4.78 is 28.3. The number of likely N-dealkylation sites (N-methyl/N-ethyl adjacent to an activating group) is 1. The van der Waals surface area contributed by atoms with Crippen LogP contribution in [0.3, 0.4) is 0 Å². The number of carbonyl (C=O) groups is 1. The van der Waals surface area contributed by atoms with Gasteiger partial charge in [0, 0.05) is 37.9 Å². The van der Waals surface area contributed by atoms with Crippen molar-refractivity contribution in [3.8, 4) is 11.1 Å². The Morgan fingerprint density at radius 1 is 0.970 bits per heavy atom. The van der Waals surface area contributed by atoms with Crippen LogP contribution in [-0.4, -0.2) is 66.7 Å². The Morgan fingerprint density at radius 3 is 2.36 bits per heavy atom. The van der Waals surface area contributed by atoms with E-state index in [1.54, 1.807) is 24.5 Å². The summed E-state index contributed by atoms with van der Waals surface area (Å²) in [6, 6.07) is 14.3. The van der Waals surface area contributed by atoms with E-state index in [0.717, 1.165) is 11.3 Å². The number of rotatable bonds is 6. The maximum Gasteiger partial charge on any atom is 0.251 e. The van der Waals surface area contributed by atoms with Crippen LogP contribution in [0.25, 0.3) is 11.1 Å². The lowest BCUT2D eigenvalue weighted by atomic mass is 10.0. The molecule has 0 saturated carbocycles. The lowest BCUT2D eigenvalue weighted by Crippen LogP contribution is -2.47. The zero-order chi connectivity index (χ0) is 23.4. The van der Waals surface area contributed by atoms with Gasteiger partial charge in [0.05, 0.1) is 29.0 Å². The maximum atomic E-state index is 13.4. The van der Waals surface area contributed by atoms with Gasteiger partial charge in [-0.25, -0.2) is 8.42 Å². The standard InChI is InChI=1S/C24H27N5O3S/c1-18-15-26-22(16-25-18)17-27-24(30)21-12-20(19-6-4-3-5-7-19)13-23(14-21)33(31,32)29-10-8-28(2)9-11-29/h3-7,12-16H,8-11,17H2,1-2H3,(H,27,30). The van der Waals surface area contributed by atoms with Crippen LogP contribution in [0.4, 0.5) is 0 Å². The fourth-order valence-corrected chi connectivity index (χ4v) is 5.13. The lowest BCUT2D eigenvalue weighted by Gasteiger charge is -2.31. The van der Waals surface area contributed by atoms with Gasteiger partial charge < -0.3 is 10.2 Å². The van der Waals surface area contributed by atoms with E-state index < -0.39 is 10.0 Å². The summed E-state index contributed by atoms with van der Waals surface area (Å²) in [6.45, 7) is 4.21. The highest BCUT2D eigenvalue weighted by molar-refractivity contribution is 7.89. The minimum atomic E-state index is -3.74. The second-order valence-corrected chi connectivity index (χ2v) is 10.1. The molecule has 3 aromatic rings. The lowest BCUT2D eigenvalue weighted by molar-refractivity contribution is 0.0950. The third kappa shape index (κ3) is 5.44. The summed E-state index contributed by atoms with van der Waals surface area (Å²) in [5.74, 6) is -0.370. The molecule has 0 aliphatic carbocycles. The van der Waals surface area contributed by atoms with Crippen molar-refractivity contribution in [2.75, 3.05) is 33.2 Å². The van der Waals surface area contributed by atoms with Crippen molar-refractivity contribution < 1.29 is 13.2 Å². The Kier molecular flexibility index (Phi) is 6.83. The number of piperazine rings is 1. The van der Waals surface area contributed by atoms with E-state index in [9.17, 15) is 13.2 Å². The number of nitrogens with one attached hydrogen (secondary N) is 1. The molecule has 1 aliphatic heterocycles. The van der Waals surface area contributed by atoms with Crippen LogP contribution in [0.2, 0.25) is 0 Å². The van der Waals surface area contributed by atoms with E-state index in [1.165, 1.54) is 10.4 Å². The van der Waals surface area contributed by atoms with Gasteiger partial charge in [0.2, 0.25) is 10.0 Å². The number of aryl methyl sites for hydroxylation is 1.